The highest BCUT2D eigenvalue weighted by Gasteiger charge is 2.34. The maximum Gasteiger partial charge on any atom is 0.229 e. The Morgan fingerprint density at radius 3 is 2.56 bits per heavy atom. The number of hydrogen-bond donors (Lipinski definition) is 1. The van der Waals surface area contributed by atoms with Gasteiger partial charge < -0.3 is 15.4 Å². The maximum absolute atomic E-state index is 6.11. The van der Waals surface area contributed by atoms with E-state index in [1.165, 1.54) is 5.56 Å². The van der Waals surface area contributed by atoms with Crippen LogP contribution in [0.3, 0.4) is 0 Å². The molecule has 7 heteroatoms. The van der Waals surface area contributed by atoms with Crippen molar-refractivity contribution in [3.63, 3.8) is 0 Å². The molecule has 3 atom stereocenters. The van der Waals surface area contributed by atoms with Gasteiger partial charge in [0.1, 0.15) is 5.82 Å². The largest absolute Gasteiger partial charge is 0.370 e. The van der Waals surface area contributed by atoms with Gasteiger partial charge >= 0.3 is 0 Å². The number of ether oxygens (including phenoxy) is 1. The summed E-state index contributed by atoms with van der Waals surface area (Å²) in [5, 5.41) is 0. The van der Waals surface area contributed by atoms with Gasteiger partial charge in [-0.1, -0.05) is 30.3 Å². The molecule has 0 spiro atoms. The number of rotatable bonds is 4. The normalized spacial score (nSPS) is 24.2. The molecule has 0 unspecified atom stereocenters. The van der Waals surface area contributed by atoms with Crippen LogP contribution in [0.1, 0.15) is 31.3 Å². The van der Waals surface area contributed by atoms with Crippen LogP contribution >= 0.6 is 0 Å². The second kappa shape index (κ2) is 7.33. The fourth-order valence-corrected chi connectivity index (χ4v) is 3.23. The summed E-state index contributed by atoms with van der Waals surface area (Å²) < 4.78 is 6.11. The molecule has 0 aliphatic carbocycles. The molecular weight excluding hydrogens is 316 g/mol. The lowest BCUT2D eigenvalue weighted by molar-refractivity contribution is -0.100. The molecule has 1 aromatic carbocycles. The Labute approximate surface area is 148 Å². The Morgan fingerprint density at radius 2 is 1.88 bits per heavy atom. The number of benzene rings is 1. The Kier molecular flexibility index (Phi) is 5.15. The van der Waals surface area contributed by atoms with Crippen molar-refractivity contribution in [1.29, 1.82) is 0 Å². The van der Waals surface area contributed by atoms with Crippen LogP contribution in [0, 0.1) is 0 Å². The quantitative estimate of drug-likeness (QED) is 0.908. The molecule has 0 radical (unpaired) electrons. The summed E-state index contributed by atoms with van der Waals surface area (Å²) in [7, 11) is 3.79. The second-order valence-corrected chi connectivity index (χ2v) is 6.73. The molecule has 1 aliphatic rings. The van der Waals surface area contributed by atoms with Gasteiger partial charge in [0.25, 0.3) is 0 Å². The van der Waals surface area contributed by atoms with E-state index in [1.807, 2.05) is 37.2 Å². The Morgan fingerprint density at radius 1 is 1.16 bits per heavy atom. The van der Waals surface area contributed by atoms with E-state index in [9.17, 15) is 0 Å². The highest BCUT2D eigenvalue weighted by Crippen LogP contribution is 2.31. The van der Waals surface area contributed by atoms with Gasteiger partial charge in [-0.05, 0) is 19.4 Å². The molecule has 2 aromatic rings. The van der Waals surface area contributed by atoms with E-state index in [2.05, 4.69) is 45.8 Å². The zero-order valence-electron chi connectivity index (χ0n) is 15.3. The minimum Gasteiger partial charge on any atom is -0.370 e. The van der Waals surface area contributed by atoms with Crippen molar-refractivity contribution in [2.45, 2.75) is 38.6 Å². The first kappa shape index (κ1) is 17.6. The van der Waals surface area contributed by atoms with Crippen LogP contribution in [0.5, 0.6) is 0 Å². The topological polar surface area (TPSA) is 80.4 Å². The molecule has 0 amide bonds. The summed E-state index contributed by atoms with van der Waals surface area (Å²) in [5.74, 6) is 1.51. The van der Waals surface area contributed by atoms with Crippen LogP contribution < -0.4 is 10.6 Å². The smallest absolute Gasteiger partial charge is 0.229 e. The fourth-order valence-electron chi connectivity index (χ4n) is 3.23. The first-order valence-corrected chi connectivity index (χ1v) is 8.55. The summed E-state index contributed by atoms with van der Waals surface area (Å²) in [5.41, 5.74) is 7.05. The molecule has 1 aliphatic heterocycles. The number of nitrogens with two attached hydrogens (primary N) is 1. The molecule has 1 aromatic heterocycles. The minimum absolute atomic E-state index is 0.0323. The predicted octanol–water partition coefficient (Wildman–Crippen LogP) is 1.87. The van der Waals surface area contributed by atoms with Crippen molar-refractivity contribution in [2.24, 2.45) is 0 Å². The summed E-state index contributed by atoms with van der Waals surface area (Å²) >= 11 is 0. The highest BCUT2D eigenvalue weighted by molar-refractivity contribution is 5.32. The highest BCUT2D eigenvalue weighted by atomic mass is 16.5. The molecule has 7 nitrogen and oxygen atoms in total. The van der Waals surface area contributed by atoms with Gasteiger partial charge in [0.15, 0.2) is 0 Å². The Bertz CT molecular complexity index is 708. The van der Waals surface area contributed by atoms with E-state index in [0.29, 0.717) is 24.9 Å². The van der Waals surface area contributed by atoms with Crippen LogP contribution in [0.2, 0.25) is 0 Å². The molecule has 2 N–H and O–H groups in total. The lowest BCUT2D eigenvalue weighted by Gasteiger charge is -2.43. The van der Waals surface area contributed by atoms with Crippen molar-refractivity contribution >= 4 is 11.9 Å². The van der Waals surface area contributed by atoms with Gasteiger partial charge in [0.2, 0.25) is 11.9 Å². The third kappa shape index (κ3) is 3.88. The van der Waals surface area contributed by atoms with Crippen molar-refractivity contribution < 1.29 is 4.74 Å². The number of aromatic nitrogens is 3. The second-order valence-electron chi connectivity index (χ2n) is 6.73. The number of nitrogen functional groups attached to an aromatic ring is 1. The van der Waals surface area contributed by atoms with Gasteiger partial charge in [-0.3, -0.25) is 4.90 Å². The van der Waals surface area contributed by atoms with Crippen molar-refractivity contribution in [1.82, 2.24) is 19.9 Å². The Balaban J connectivity index is 1.83. The number of morpholine rings is 1. The molecule has 25 heavy (non-hydrogen) atoms. The molecular formula is C18H26N6O. The van der Waals surface area contributed by atoms with Crippen LogP contribution in [0.25, 0.3) is 0 Å². The van der Waals surface area contributed by atoms with Gasteiger partial charge in [-0.2, -0.15) is 15.0 Å². The third-order valence-electron chi connectivity index (χ3n) is 4.58. The molecule has 2 heterocycles. The monoisotopic (exact) mass is 342 g/mol. The maximum atomic E-state index is 6.11. The summed E-state index contributed by atoms with van der Waals surface area (Å²) in [6, 6.07) is 10.8. The zero-order chi connectivity index (χ0) is 18.0. The third-order valence-corrected chi connectivity index (χ3v) is 4.58. The van der Waals surface area contributed by atoms with Gasteiger partial charge in [0, 0.05) is 26.2 Å². The summed E-state index contributed by atoms with van der Waals surface area (Å²) in [6.45, 7) is 5.63. The van der Waals surface area contributed by atoms with Gasteiger partial charge in [-0.25, -0.2) is 0 Å². The van der Waals surface area contributed by atoms with Gasteiger partial charge in [-0.15, -0.1) is 0 Å². The van der Waals surface area contributed by atoms with E-state index in [1.54, 1.807) is 0 Å². The van der Waals surface area contributed by atoms with Gasteiger partial charge in [0.05, 0.1) is 19.3 Å². The predicted molar refractivity (Wildman–Crippen MR) is 98.2 cm³/mol. The van der Waals surface area contributed by atoms with Crippen LogP contribution in [0.4, 0.5) is 11.9 Å². The Hall–Kier alpha value is -2.25. The molecule has 0 saturated carbocycles. The first-order chi connectivity index (χ1) is 12.0. The molecule has 1 saturated heterocycles. The van der Waals surface area contributed by atoms with E-state index >= 15 is 0 Å². The molecule has 0 bridgehead atoms. The fraction of sp³-hybridized carbons (Fsp3) is 0.500. The van der Waals surface area contributed by atoms with E-state index in [0.717, 1.165) is 0 Å². The summed E-state index contributed by atoms with van der Waals surface area (Å²) in [4.78, 5) is 17.2. The lowest BCUT2D eigenvalue weighted by atomic mass is 9.98. The number of anilines is 2. The molecule has 1 fully saturated rings. The van der Waals surface area contributed by atoms with Crippen molar-refractivity contribution in [3.05, 3.63) is 41.7 Å². The lowest BCUT2D eigenvalue weighted by Crippen LogP contribution is -2.50. The average molecular weight is 342 g/mol. The first-order valence-electron chi connectivity index (χ1n) is 8.55. The zero-order valence-corrected chi connectivity index (χ0v) is 15.3. The van der Waals surface area contributed by atoms with Crippen molar-refractivity contribution in [2.75, 3.05) is 31.3 Å². The van der Waals surface area contributed by atoms with E-state index in [4.69, 9.17) is 10.5 Å². The standard InChI is InChI=1S/C18H26N6O/c1-12-11-25-16(14-8-6-5-7-9-14)13(2)24(12)10-15-20-17(19)22-18(21-15)23(3)4/h5-9,12-13,16H,10-11H2,1-4H3,(H2,19,20,21,22)/t12-,13+,16-/m0/s1. The number of hydrogen-bond acceptors (Lipinski definition) is 7. The summed E-state index contributed by atoms with van der Waals surface area (Å²) in [6.07, 6.45) is 0.0323. The SMILES string of the molecule is C[C@@H]1[C@@H](c2ccccc2)OC[C@H](C)N1Cc1nc(N)nc(N(C)C)n1. The van der Waals surface area contributed by atoms with E-state index < -0.39 is 0 Å². The van der Waals surface area contributed by atoms with Crippen LogP contribution in [0.15, 0.2) is 30.3 Å². The van der Waals surface area contributed by atoms with Crippen molar-refractivity contribution in [3.8, 4) is 0 Å². The minimum atomic E-state index is 0.0323. The van der Waals surface area contributed by atoms with Crippen LogP contribution in [-0.4, -0.2) is 52.6 Å². The number of nitrogens with zero attached hydrogens (tertiary/aromatic N) is 5. The molecule has 134 valence electrons. The molecule has 3 rings (SSSR count). The average Bonchev–Trinajstić information content (AvgIpc) is 2.59. The van der Waals surface area contributed by atoms with Crippen LogP contribution in [-0.2, 0) is 11.3 Å². The van der Waals surface area contributed by atoms with E-state index in [-0.39, 0.29) is 24.1 Å².